The average Bonchev–Trinajstić information content (AvgIpc) is 2.87. The maximum absolute atomic E-state index is 12.1. The number of allylic oxidation sites excluding steroid dienone is 1. The van der Waals surface area contributed by atoms with Crippen molar-refractivity contribution >= 4 is 23.1 Å². The number of carbonyl (C=O) groups excluding carboxylic acids is 1. The lowest BCUT2D eigenvalue weighted by Crippen LogP contribution is -2.27. The van der Waals surface area contributed by atoms with Crippen LogP contribution in [0.3, 0.4) is 0 Å². The standard InChI is InChI=1S/C15H16ClNO/c1-8-5-9-6-13-10(12(9)7-14(8)16)3-2-4-11(13)15(17)18/h5,7,11H,2-4,6H2,1H3,(H2,17,18)/i2D2,4D2,5D,7D,11D. The van der Waals surface area contributed by atoms with Crippen LogP contribution in [0.15, 0.2) is 17.7 Å². The highest BCUT2D eigenvalue weighted by Gasteiger charge is 2.33. The highest BCUT2D eigenvalue weighted by atomic mass is 35.5. The second-order valence-electron chi connectivity index (χ2n) is 4.39. The van der Waals surface area contributed by atoms with Gasteiger partial charge in [-0.15, -0.1) is 0 Å². The number of hydrogen-bond donors (Lipinski definition) is 1. The van der Waals surface area contributed by atoms with Crippen molar-refractivity contribution in [2.24, 2.45) is 11.6 Å². The molecule has 2 N–H and O–H groups in total. The van der Waals surface area contributed by atoms with Crippen molar-refractivity contribution in [2.45, 2.75) is 32.5 Å². The molecule has 0 spiro atoms. The van der Waals surface area contributed by atoms with Gasteiger partial charge in [0.05, 0.1) is 8.64 Å². The summed E-state index contributed by atoms with van der Waals surface area (Å²) in [6, 6.07) is -0.0430. The van der Waals surface area contributed by atoms with Crippen molar-refractivity contribution in [2.75, 3.05) is 0 Å². The van der Waals surface area contributed by atoms with E-state index in [0.717, 1.165) is 0 Å². The van der Waals surface area contributed by atoms with Gasteiger partial charge in [-0.25, -0.2) is 0 Å². The van der Waals surface area contributed by atoms with Gasteiger partial charge >= 0.3 is 0 Å². The Morgan fingerprint density at radius 1 is 1.67 bits per heavy atom. The predicted octanol–water partition coefficient (Wildman–Crippen LogP) is 3.24. The van der Waals surface area contributed by atoms with Gasteiger partial charge < -0.3 is 5.73 Å². The highest BCUT2D eigenvalue weighted by Crippen LogP contribution is 2.45. The molecule has 2 nitrogen and oxygen atoms in total. The number of halogens is 1. The molecule has 1 amide bonds. The number of fused-ring (bicyclic) bond motifs is 2. The van der Waals surface area contributed by atoms with Gasteiger partial charge in [0, 0.05) is 11.9 Å². The van der Waals surface area contributed by atoms with E-state index in [0.29, 0.717) is 11.1 Å². The van der Waals surface area contributed by atoms with Gasteiger partial charge in [0.15, 0.2) is 0 Å². The molecule has 0 radical (unpaired) electrons. The zero-order chi connectivity index (χ0) is 19.1. The van der Waals surface area contributed by atoms with Crippen LogP contribution in [0, 0.1) is 12.8 Å². The van der Waals surface area contributed by atoms with Gasteiger partial charge in [0.25, 0.3) is 0 Å². The molecule has 0 fully saturated rings. The van der Waals surface area contributed by atoms with Crippen LogP contribution in [0.1, 0.15) is 45.5 Å². The highest BCUT2D eigenvalue weighted by molar-refractivity contribution is 6.31. The minimum atomic E-state index is -2.85. The summed E-state index contributed by atoms with van der Waals surface area (Å²) in [5.74, 6) is -3.91. The molecule has 0 heterocycles. The maximum atomic E-state index is 12.1. The SMILES string of the molecule is [2H]c1c(C)c(Cl)c([2H])c2c1CC1=C2CC([2H])([2H])C([2H])([2H])C1([2H])C(N)=O. The third-order valence-electron chi connectivity index (χ3n) is 3.25. The van der Waals surface area contributed by atoms with Crippen molar-refractivity contribution in [3.05, 3.63) is 39.4 Å². The summed E-state index contributed by atoms with van der Waals surface area (Å²) in [5, 5.41) is 0.0568. The lowest BCUT2D eigenvalue weighted by atomic mass is 9.82. The fourth-order valence-corrected chi connectivity index (χ4v) is 2.53. The van der Waals surface area contributed by atoms with Gasteiger partial charge in [-0.2, -0.15) is 0 Å². The third kappa shape index (κ3) is 1.67. The van der Waals surface area contributed by atoms with E-state index in [1.165, 1.54) is 0 Å². The number of benzene rings is 1. The fraction of sp³-hybridized carbons (Fsp3) is 0.400. The Morgan fingerprint density at radius 3 is 3.17 bits per heavy atom. The number of primary amides is 1. The van der Waals surface area contributed by atoms with Gasteiger partial charge in [-0.3, -0.25) is 4.79 Å². The van der Waals surface area contributed by atoms with Crippen molar-refractivity contribution in [1.29, 1.82) is 0 Å². The fourth-order valence-electron chi connectivity index (χ4n) is 2.39. The maximum Gasteiger partial charge on any atom is 0.224 e. The summed E-state index contributed by atoms with van der Waals surface area (Å²) in [6.07, 6.45) is -5.90. The Morgan fingerprint density at radius 2 is 2.44 bits per heavy atom. The van der Waals surface area contributed by atoms with Gasteiger partial charge in [0.2, 0.25) is 5.91 Å². The Labute approximate surface area is 122 Å². The largest absolute Gasteiger partial charge is 0.369 e. The molecule has 1 atom stereocenters. The van der Waals surface area contributed by atoms with Crippen molar-refractivity contribution in [1.82, 2.24) is 0 Å². The molecule has 3 rings (SSSR count). The second-order valence-corrected chi connectivity index (χ2v) is 4.77. The summed E-state index contributed by atoms with van der Waals surface area (Å²) in [7, 11) is 0. The molecule has 0 aromatic heterocycles. The predicted molar refractivity (Wildman–Crippen MR) is 73.3 cm³/mol. The van der Waals surface area contributed by atoms with Gasteiger partial charge in [-0.1, -0.05) is 17.6 Å². The quantitative estimate of drug-likeness (QED) is 0.835. The Kier molecular flexibility index (Phi) is 1.43. The van der Waals surface area contributed by atoms with E-state index in [4.69, 9.17) is 26.9 Å². The Hall–Kier alpha value is -1.28. The number of nitrogens with two attached hydrogens (primary N) is 1. The number of carbonyl (C=O) groups is 1. The summed E-state index contributed by atoms with van der Waals surface area (Å²) in [5.41, 5.74) is 6.54. The van der Waals surface area contributed by atoms with Gasteiger partial charge in [-0.05, 0) is 66.4 Å². The molecule has 2 aliphatic carbocycles. The Bertz CT molecular complexity index is 864. The molecule has 2 aliphatic rings. The third-order valence-corrected chi connectivity index (χ3v) is 3.63. The molecule has 1 unspecified atom stereocenters. The summed E-state index contributed by atoms with van der Waals surface area (Å²) in [4.78, 5) is 12.1. The zero-order valence-corrected chi connectivity index (χ0v) is 10.5. The van der Waals surface area contributed by atoms with Crippen LogP contribution >= 0.6 is 11.6 Å². The van der Waals surface area contributed by atoms with Crippen LogP contribution < -0.4 is 5.73 Å². The van der Waals surface area contributed by atoms with Crippen molar-refractivity contribution in [3.63, 3.8) is 0 Å². The smallest absolute Gasteiger partial charge is 0.224 e. The molecule has 94 valence electrons. The zero-order valence-electron chi connectivity index (χ0n) is 16.8. The van der Waals surface area contributed by atoms with Crippen LogP contribution in [0.4, 0.5) is 0 Å². The molecule has 3 heteroatoms. The van der Waals surface area contributed by atoms with E-state index in [1.807, 2.05) is 0 Å². The average molecular weight is 269 g/mol. The first kappa shape index (κ1) is 6.25. The summed E-state index contributed by atoms with van der Waals surface area (Å²) < 4.78 is 57.4. The second kappa shape index (κ2) is 4.13. The molecular formula is C15H16ClNO. The molecular weight excluding hydrogens is 246 g/mol. The van der Waals surface area contributed by atoms with E-state index in [-0.39, 0.29) is 40.2 Å². The number of hydrogen-bond acceptors (Lipinski definition) is 1. The monoisotopic (exact) mass is 268 g/mol. The molecule has 0 saturated carbocycles. The molecule has 0 aliphatic heterocycles. The molecule has 18 heavy (non-hydrogen) atoms. The lowest BCUT2D eigenvalue weighted by molar-refractivity contribution is -0.121. The molecule has 1 aromatic carbocycles. The van der Waals surface area contributed by atoms with Crippen LogP contribution in [-0.4, -0.2) is 5.91 Å². The minimum Gasteiger partial charge on any atom is -0.369 e. The van der Waals surface area contributed by atoms with Crippen molar-refractivity contribution < 1.29 is 14.4 Å². The van der Waals surface area contributed by atoms with E-state index in [1.54, 1.807) is 6.92 Å². The first-order chi connectivity index (χ1) is 11.3. The molecule has 0 bridgehead atoms. The van der Waals surface area contributed by atoms with E-state index in [9.17, 15) is 4.79 Å². The van der Waals surface area contributed by atoms with E-state index in [2.05, 4.69) is 0 Å². The topological polar surface area (TPSA) is 43.1 Å². The molecule has 1 aromatic rings. The van der Waals surface area contributed by atoms with Crippen LogP contribution in [0.5, 0.6) is 0 Å². The number of rotatable bonds is 1. The van der Waals surface area contributed by atoms with Crippen molar-refractivity contribution in [3.8, 4) is 0 Å². The van der Waals surface area contributed by atoms with Crippen LogP contribution in [0.2, 0.25) is 5.02 Å². The summed E-state index contributed by atoms with van der Waals surface area (Å²) >= 11 is 6.12. The first-order valence-electron chi connectivity index (χ1n) is 9.10. The van der Waals surface area contributed by atoms with Gasteiger partial charge in [0.1, 0.15) is 0 Å². The Balaban J connectivity index is 2.39. The normalized spacial score (nSPS) is 37.1. The van der Waals surface area contributed by atoms with E-state index < -0.39 is 31.0 Å². The van der Waals surface area contributed by atoms with E-state index >= 15 is 0 Å². The molecule has 0 saturated heterocycles. The van der Waals surface area contributed by atoms with Crippen LogP contribution in [0.25, 0.3) is 5.57 Å². The first-order valence-corrected chi connectivity index (χ1v) is 5.97. The number of amides is 1. The van der Waals surface area contributed by atoms with Crippen LogP contribution in [-0.2, 0) is 11.2 Å². The summed E-state index contributed by atoms with van der Waals surface area (Å²) in [6.45, 7) is 1.58. The minimum absolute atomic E-state index is 0.0267. The lowest BCUT2D eigenvalue weighted by Gasteiger charge is -2.22.